The molecule has 0 aliphatic rings. The molecule has 40 heavy (non-hydrogen) atoms. The first-order valence-electron chi connectivity index (χ1n) is 12.7. The van der Waals surface area contributed by atoms with Crippen molar-refractivity contribution in [1.82, 2.24) is 4.98 Å². The number of hydrogen-bond acceptors (Lipinski definition) is 7. The molecule has 7 nitrogen and oxygen atoms in total. The third-order valence-electron chi connectivity index (χ3n) is 6.56. The Kier molecular flexibility index (Phi) is 9.79. The van der Waals surface area contributed by atoms with Gasteiger partial charge in [0.25, 0.3) is 0 Å². The van der Waals surface area contributed by atoms with E-state index in [9.17, 15) is 20.1 Å². The SMILES string of the molecule is Cc1c(OC[C@@H](O)C[C@@H](O)CC(=O)[O-])c(-c2ccccc2)c2ccccc2c1Oc1ccc2ccccc2n1.[Na+]. The average Bonchev–Trinajstić information content (AvgIpc) is 2.93. The number of aliphatic carboxylic acids is 1. The second-order valence-corrected chi connectivity index (χ2v) is 9.44. The third kappa shape index (κ3) is 6.63. The summed E-state index contributed by atoms with van der Waals surface area (Å²) in [6, 6.07) is 29.2. The average molecular weight is 546 g/mol. The number of fused-ring (bicyclic) bond motifs is 2. The predicted octanol–water partition coefficient (Wildman–Crippen LogP) is 1.79. The monoisotopic (exact) mass is 545 g/mol. The number of carboxylic acids is 1. The van der Waals surface area contributed by atoms with Crippen molar-refractivity contribution in [2.75, 3.05) is 6.61 Å². The number of pyridine rings is 1. The first-order valence-corrected chi connectivity index (χ1v) is 12.7. The van der Waals surface area contributed by atoms with E-state index >= 15 is 0 Å². The molecule has 4 aromatic carbocycles. The van der Waals surface area contributed by atoms with Crippen molar-refractivity contribution in [2.24, 2.45) is 0 Å². The molecule has 0 saturated heterocycles. The summed E-state index contributed by atoms with van der Waals surface area (Å²) in [6.45, 7) is 1.73. The van der Waals surface area contributed by atoms with Crippen LogP contribution in [0.2, 0.25) is 0 Å². The number of carbonyl (C=O) groups is 1. The minimum absolute atomic E-state index is 0. The number of nitrogens with zero attached hydrogens (tertiary/aromatic N) is 1. The van der Waals surface area contributed by atoms with E-state index in [1.165, 1.54) is 0 Å². The standard InChI is InChI=1S/C32H29NO6.Na/c1-20-31(39-28-16-15-21-9-5-8-14-27(21)33-28)26-13-7-6-12-25(26)30(22-10-3-2-4-11-22)32(20)38-19-24(35)17-23(34)18-29(36)37;/h2-16,23-24,34-35H,17-19H2,1H3,(H,36,37);/q;+1/p-1/t23-,24+;/m1./s1. The van der Waals surface area contributed by atoms with Gasteiger partial charge in [-0.2, -0.15) is 0 Å². The Morgan fingerprint density at radius 2 is 1.52 bits per heavy atom. The Hall–Kier alpha value is -3.46. The molecule has 0 radical (unpaired) electrons. The molecule has 5 rings (SSSR count). The summed E-state index contributed by atoms with van der Waals surface area (Å²) < 4.78 is 12.6. The number of benzene rings is 4. The Morgan fingerprint density at radius 1 is 0.850 bits per heavy atom. The Morgan fingerprint density at radius 3 is 2.27 bits per heavy atom. The van der Waals surface area contributed by atoms with E-state index in [2.05, 4.69) is 4.98 Å². The van der Waals surface area contributed by atoms with Crippen molar-refractivity contribution in [3.63, 3.8) is 0 Å². The van der Waals surface area contributed by atoms with Gasteiger partial charge in [0.1, 0.15) is 18.1 Å². The van der Waals surface area contributed by atoms with Crippen molar-refractivity contribution < 1.29 is 59.1 Å². The van der Waals surface area contributed by atoms with Crippen LogP contribution in [0.15, 0.2) is 91.0 Å². The fraction of sp³-hybridized carbons (Fsp3) is 0.188. The third-order valence-corrected chi connectivity index (χ3v) is 6.56. The summed E-state index contributed by atoms with van der Waals surface area (Å²) in [6.07, 6.45) is -3.05. The van der Waals surface area contributed by atoms with E-state index in [1.54, 1.807) is 0 Å². The summed E-state index contributed by atoms with van der Waals surface area (Å²) in [7, 11) is 0. The molecule has 0 fully saturated rings. The maximum absolute atomic E-state index is 10.8. The molecule has 0 spiro atoms. The maximum Gasteiger partial charge on any atom is 1.00 e. The van der Waals surface area contributed by atoms with E-state index in [0.29, 0.717) is 22.9 Å². The van der Waals surface area contributed by atoms with Gasteiger partial charge in [-0.25, -0.2) is 4.98 Å². The number of carbonyl (C=O) groups excluding carboxylic acids is 1. The van der Waals surface area contributed by atoms with Crippen LogP contribution in [-0.2, 0) is 4.79 Å². The van der Waals surface area contributed by atoms with Crippen LogP contribution in [0.5, 0.6) is 17.4 Å². The summed E-state index contributed by atoms with van der Waals surface area (Å²) >= 11 is 0. The van der Waals surface area contributed by atoms with Crippen molar-refractivity contribution in [3.8, 4) is 28.5 Å². The molecule has 0 aliphatic carbocycles. The van der Waals surface area contributed by atoms with Gasteiger partial charge in [0.15, 0.2) is 0 Å². The van der Waals surface area contributed by atoms with E-state index in [0.717, 1.165) is 32.8 Å². The number of rotatable bonds is 10. The number of hydrogen-bond donors (Lipinski definition) is 2. The molecule has 5 aromatic rings. The van der Waals surface area contributed by atoms with Crippen molar-refractivity contribution in [3.05, 3.63) is 96.6 Å². The van der Waals surface area contributed by atoms with Gasteiger partial charge in [-0.1, -0.05) is 72.8 Å². The second kappa shape index (κ2) is 13.3. The number of aliphatic hydroxyl groups is 2. The Labute approximate surface area is 254 Å². The van der Waals surface area contributed by atoms with Gasteiger partial charge >= 0.3 is 29.6 Å². The zero-order valence-corrected chi connectivity index (χ0v) is 24.4. The summed E-state index contributed by atoms with van der Waals surface area (Å²) in [4.78, 5) is 15.5. The fourth-order valence-electron chi connectivity index (χ4n) is 4.76. The van der Waals surface area contributed by atoms with Crippen LogP contribution >= 0.6 is 0 Å². The summed E-state index contributed by atoms with van der Waals surface area (Å²) in [5.41, 5.74) is 3.29. The van der Waals surface area contributed by atoms with Crippen LogP contribution in [0.3, 0.4) is 0 Å². The molecule has 198 valence electrons. The van der Waals surface area contributed by atoms with Gasteiger partial charge in [-0.3, -0.25) is 0 Å². The van der Waals surface area contributed by atoms with E-state index < -0.39 is 24.6 Å². The zero-order chi connectivity index (χ0) is 27.4. The first-order chi connectivity index (χ1) is 18.9. The predicted molar refractivity (Wildman–Crippen MR) is 148 cm³/mol. The Balaban J connectivity index is 0.00000370. The van der Waals surface area contributed by atoms with Crippen LogP contribution < -0.4 is 44.1 Å². The summed E-state index contributed by atoms with van der Waals surface area (Å²) in [5, 5.41) is 34.0. The molecule has 8 heteroatoms. The quantitative estimate of drug-likeness (QED) is 0.258. The van der Waals surface area contributed by atoms with Crippen LogP contribution in [0.25, 0.3) is 32.8 Å². The van der Waals surface area contributed by atoms with E-state index in [1.807, 2.05) is 97.9 Å². The maximum atomic E-state index is 10.8. The number of carboxylic acid groups (broad SMARTS) is 1. The minimum atomic E-state index is -1.38. The van der Waals surface area contributed by atoms with Crippen LogP contribution in [0.4, 0.5) is 0 Å². The van der Waals surface area contributed by atoms with Crippen molar-refractivity contribution in [1.29, 1.82) is 0 Å². The van der Waals surface area contributed by atoms with Crippen LogP contribution in [0, 0.1) is 6.92 Å². The normalized spacial score (nSPS) is 12.5. The fourth-order valence-corrected chi connectivity index (χ4v) is 4.76. The number of aliphatic hydroxyl groups excluding tert-OH is 2. The van der Waals surface area contributed by atoms with Gasteiger partial charge in [0.05, 0.1) is 17.7 Å². The number of aromatic nitrogens is 1. The van der Waals surface area contributed by atoms with Gasteiger partial charge in [0.2, 0.25) is 5.88 Å². The van der Waals surface area contributed by atoms with E-state index in [-0.39, 0.29) is 42.6 Å². The topological polar surface area (TPSA) is 112 Å². The minimum Gasteiger partial charge on any atom is -0.550 e. The van der Waals surface area contributed by atoms with Gasteiger partial charge in [0, 0.05) is 46.8 Å². The number of para-hydroxylation sites is 1. The molecule has 0 saturated carbocycles. The van der Waals surface area contributed by atoms with Crippen molar-refractivity contribution >= 4 is 27.6 Å². The molecule has 0 unspecified atom stereocenters. The van der Waals surface area contributed by atoms with Crippen LogP contribution in [0.1, 0.15) is 18.4 Å². The Bertz CT molecular complexity index is 1630. The molecule has 0 amide bonds. The molecule has 2 atom stereocenters. The molecular formula is C32H28NNaO6. The largest absolute Gasteiger partial charge is 1.00 e. The molecule has 1 heterocycles. The molecule has 0 aliphatic heterocycles. The molecule has 2 N–H and O–H groups in total. The zero-order valence-electron chi connectivity index (χ0n) is 22.4. The molecule has 0 bridgehead atoms. The number of ether oxygens (including phenoxy) is 2. The van der Waals surface area contributed by atoms with E-state index in [4.69, 9.17) is 9.47 Å². The smallest absolute Gasteiger partial charge is 0.550 e. The van der Waals surface area contributed by atoms with Gasteiger partial charge in [-0.15, -0.1) is 0 Å². The second-order valence-electron chi connectivity index (χ2n) is 9.44. The van der Waals surface area contributed by atoms with Crippen molar-refractivity contribution in [2.45, 2.75) is 32.0 Å². The first kappa shape index (κ1) is 29.5. The molecular weight excluding hydrogens is 517 g/mol. The van der Waals surface area contributed by atoms with Gasteiger partial charge < -0.3 is 29.6 Å². The van der Waals surface area contributed by atoms with Crippen LogP contribution in [-0.4, -0.2) is 40.0 Å². The molecule has 1 aromatic heterocycles. The summed E-state index contributed by atoms with van der Waals surface area (Å²) in [5.74, 6) is 0.154. The van der Waals surface area contributed by atoms with Gasteiger partial charge in [-0.05, 0) is 30.0 Å².